The summed E-state index contributed by atoms with van der Waals surface area (Å²) in [6.07, 6.45) is 5.96. The van der Waals surface area contributed by atoms with E-state index in [1.165, 1.54) is 0 Å². The van der Waals surface area contributed by atoms with Crippen LogP contribution >= 0.6 is 11.6 Å². The van der Waals surface area contributed by atoms with Crippen molar-refractivity contribution in [3.63, 3.8) is 0 Å². The minimum absolute atomic E-state index is 0.0649. The normalized spacial score (nSPS) is 13.8. The molecule has 3 heterocycles. The van der Waals surface area contributed by atoms with Crippen LogP contribution in [0.3, 0.4) is 0 Å². The number of ether oxygens (including phenoxy) is 1. The molecule has 0 N–H and O–H groups in total. The molecule has 12 nitrogen and oxygen atoms in total. The summed E-state index contributed by atoms with van der Waals surface area (Å²) in [5, 5.41) is 0.989. The summed E-state index contributed by atoms with van der Waals surface area (Å²) in [4.78, 5) is 44.2. The van der Waals surface area contributed by atoms with Crippen LogP contribution in [-0.2, 0) is 35.9 Å². The Kier molecular flexibility index (Phi) is 9.15. The molecule has 14 heteroatoms. The van der Waals surface area contributed by atoms with E-state index in [0.29, 0.717) is 51.4 Å². The van der Waals surface area contributed by atoms with Crippen molar-refractivity contribution in [3.8, 4) is 17.2 Å². The predicted octanol–water partition coefficient (Wildman–Crippen LogP) is 2.92. The van der Waals surface area contributed by atoms with E-state index >= 15 is 0 Å². The van der Waals surface area contributed by atoms with E-state index in [0.717, 1.165) is 12.8 Å². The average molecular weight is 580 g/mol. The third-order valence-corrected chi connectivity index (χ3v) is 6.95. The van der Waals surface area contributed by atoms with Crippen LogP contribution < -0.4 is 9.30 Å². The molecule has 0 atom stereocenters. The van der Waals surface area contributed by atoms with Crippen molar-refractivity contribution < 1.29 is 45.9 Å². The first kappa shape index (κ1) is 28.5. The molecule has 1 fully saturated rings. The molecule has 2 amide bonds. The van der Waals surface area contributed by atoms with E-state index in [1.807, 2.05) is 10.8 Å². The summed E-state index contributed by atoms with van der Waals surface area (Å²) < 4.78 is 45.3. The molecule has 1 aliphatic rings. The monoisotopic (exact) mass is 579 g/mol. The summed E-state index contributed by atoms with van der Waals surface area (Å²) in [5.74, 6) is -1.31. The molecular formula is C25H26ClN3O9S. The quantitative estimate of drug-likeness (QED) is 0.127. The van der Waals surface area contributed by atoms with Crippen molar-refractivity contribution >= 4 is 50.6 Å². The molecule has 0 radical (unpaired) electrons. The van der Waals surface area contributed by atoms with Crippen LogP contribution in [0.5, 0.6) is 5.75 Å². The van der Waals surface area contributed by atoms with E-state index in [1.54, 1.807) is 30.5 Å². The maximum Gasteiger partial charge on any atom is 0.333 e. The highest BCUT2D eigenvalue weighted by atomic mass is 35.5. The number of hydrogen-bond donors (Lipinski definition) is 0. The van der Waals surface area contributed by atoms with Crippen LogP contribution in [0.4, 0.5) is 0 Å². The highest BCUT2D eigenvalue weighted by Gasteiger charge is 2.32. The number of nitrogens with zero attached hydrogens (tertiary/aromatic N) is 3. The number of halogens is 1. The van der Waals surface area contributed by atoms with Crippen LogP contribution in [0.1, 0.15) is 44.9 Å². The Labute approximate surface area is 229 Å². The number of imide groups is 1. The molecule has 0 spiro atoms. The summed E-state index contributed by atoms with van der Waals surface area (Å²) in [5.41, 5.74) is 1.65. The van der Waals surface area contributed by atoms with Gasteiger partial charge < -0.3 is 18.5 Å². The lowest BCUT2D eigenvalue weighted by Gasteiger charge is -2.12. The number of rotatable bonds is 13. The number of carbonyl (C=O) groups is 3. The molecule has 3 aromatic rings. The molecule has 2 aromatic heterocycles. The van der Waals surface area contributed by atoms with Crippen LogP contribution in [0.2, 0.25) is 5.02 Å². The van der Waals surface area contributed by atoms with Crippen molar-refractivity contribution in [3.05, 3.63) is 41.7 Å². The van der Waals surface area contributed by atoms with Gasteiger partial charge in [0.25, 0.3) is 11.8 Å². The number of benzene rings is 1. The van der Waals surface area contributed by atoms with Crippen molar-refractivity contribution in [2.75, 3.05) is 12.4 Å². The summed E-state index contributed by atoms with van der Waals surface area (Å²) in [7, 11) is -4.28. The number of aryl methyl sites for hydroxylation is 1. The van der Waals surface area contributed by atoms with Crippen LogP contribution in [0, 0.1) is 0 Å². The molecule has 1 aromatic carbocycles. The molecular weight excluding hydrogens is 554 g/mol. The molecule has 39 heavy (non-hydrogen) atoms. The number of pyridine rings is 1. The highest BCUT2D eigenvalue weighted by molar-refractivity contribution is 7.85. The van der Waals surface area contributed by atoms with Gasteiger partial charge in [-0.3, -0.25) is 9.59 Å². The number of hydrogen-bond acceptors (Lipinski definition) is 10. The second-order valence-electron chi connectivity index (χ2n) is 8.91. The fourth-order valence-electron chi connectivity index (χ4n) is 3.90. The standard InChI is InChI=1S/C25H26ClN3O9S/c26-19-16-28(11-3-1-2-5-24(32)38-29-22(30)8-9-23(29)31)12-10-18(19)25-27-20-7-6-17(15-21(20)37-25)36-13-4-14-39(33,34)35/h6-7,10,12,15-16H,1-5,8-9,11,13-14H2. The van der Waals surface area contributed by atoms with Crippen molar-refractivity contribution in [1.82, 2.24) is 10.0 Å². The number of fused-ring (bicyclic) bond motifs is 1. The molecule has 208 valence electrons. The first-order chi connectivity index (χ1) is 18.6. The topological polar surface area (TPSA) is 160 Å². The summed E-state index contributed by atoms with van der Waals surface area (Å²) >= 11 is 6.49. The van der Waals surface area contributed by atoms with Gasteiger partial charge in [-0.25, -0.2) is 22.8 Å². The van der Waals surface area contributed by atoms with Crippen LogP contribution in [0.25, 0.3) is 22.6 Å². The van der Waals surface area contributed by atoms with Gasteiger partial charge in [-0.05, 0) is 31.4 Å². The Hall–Kier alpha value is -3.55. The number of hydroxylamine groups is 2. The molecule has 1 saturated heterocycles. The Morgan fingerprint density at radius 1 is 1.13 bits per heavy atom. The lowest BCUT2D eigenvalue weighted by molar-refractivity contribution is -0.697. The summed E-state index contributed by atoms with van der Waals surface area (Å²) in [6, 6.07) is 6.79. The zero-order chi connectivity index (χ0) is 28.0. The van der Waals surface area contributed by atoms with Gasteiger partial charge in [0.15, 0.2) is 18.0 Å². The van der Waals surface area contributed by atoms with Gasteiger partial charge in [-0.15, -0.1) is 5.06 Å². The van der Waals surface area contributed by atoms with Gasteiger partial charge in [0.2, 0.25) is 5.89 Å². The second-order valence-corrected chi connectivity index (χ2v) is 10.8. The molecule has 4 rings (SSSR count). The van der Waals surface area contributed by atoms with Gasteiger partial charge >= 0.3 is 5.97 Å². The van der Waals surface area contributed by atoms with E-state index in [9.17, 15) is 27.4 Å². The van der Waals surface area contributed by atoms with E-state index in [2.05, 4.69) is 4.98 Å². The lowest BCUT2D eigenvalue weighted by atomic mass is 10.2. The predicted molar refractivity (Wildman–Crippen MR) is 135 cm³/mol. The maximum atomic E-state index is 11.9. The number of carbonyl (C=O) groups excluding carboxylic acids is 3. The average Bonchev–Trinajstić information content (AvgIpc) is 3.44. The number of amides is 2. The SMILES string of the molecule is O=C(CCCCC[n+]1ccc(-c2nc3ccc(OCCCS(=O)(=O)[O-])cc3o2)c(Cl)c1)ON1C(=O)CCC1=O. The third kappa shape index (κ3) is 7.97. The molecule has 0 unspecified atom stereocenters. The zero-order valence-corrected chi connectivity index (χ0v) is 22.4. The summed E-state index contributed by atoms with van der Waals surface area (Å²) in [6.45, 7) is 0.725. The largest absolute Gasteiger partial charge is 0.748 e. The first-order valence-electron chi connectivity index (χ1n) is 12.3. The van der Waals surface area contributed by atoms with Gasteiger partial charge in [0, 0.05) is 43.6 Å². The Balaban J connectivity index is 1.25. The Morgan fingerprint density at radius 3 is 2.62 bits per heavy atom. The zero-order valence-electron chi connectivity index (χ0n) is 20.8. The fraction of sp³-hybridized carbons (Fsp3) is 0.400. The number of oxazole rings is 1. The van der Waals surface area contributed by atoms with Crippen molar-refractivity contribution in [2.45, 2.75) is 51.5 Å². The highest BCUT2D eigenvalue weighted by Crippen LogP contribution is 2.30. The van der Waals surface area contributed by atoms with Gasteiger partial charge in [0.1, 0.15) is 22.8 Å². The lowest BCUT2D eigenvalue weighted by Crippen LogP contribution is -2.33. The first-order valence-corrected chi connectivity index (χ1v) is 14.3. The van der Waals surface area contributed by atoms with Crippen molar-refractivity contribution in [2.24, 2.45) is 0 Å². The smallest absolute Gasteiger partial charge is 0.333 e. The third-order valence-electron chi connectivity index (χ3n) is 5.86. The fourth-order valence-corrected chi connectivity index (χ4v) is 4.64. The molecule has 0 saturated carbocycles. The van der Waals surface area contributed by atoms with E-state index in [4.69, 9.17) is 25.6 Å². The molecule has 0 bridgehead atoms. The van der Waals surface area contributed by atoms with E-state index < -0.39 is 33.7 Å². The minimum atomic E-state index is -4.28. The maximum absolute atomic E-state index is 11.9. The second kappa shape index (κ2) is 12.5. The minimum Gasteiger partial charge on any atom is -0.748 e. The van der Waals surface area contributed by atoms with Crippen LogP contribution in [-0.4, -0.2) is 53.2 Å². The van der Waals surface area contributed by atoms with Crippen LogP contribution in [0.15, 0.2) is 41.1 Å². The van der Waals surface area contributed by atoms with Gasteiger partial charge in [-0.1, -0.05) is 11.6 Å². The Morgan fingerprint density at radius 2 is 1.90 bits per heavy atom. The molecule has 0 aliphatic carbocycles. The van der Waals surface area contributed by atoms with E-state index in [-0.39, 0.29) is 32.3 Å². The molecule has 1 aliphatic heterocycles. The number of unbranched alkanes of at least 4 members (excludes halogenated alkanes) is 2. The van der Waals surface area contributed by atoms with Crippen molar-refractivity contribution in [1.29, 1.82) is 0 Å². The van der Waals surface area contributed by atoms with Gasteiger partial charge in [0.05, 0.1) is 22.3 Å². The van der Waals surface area contributed by atoms with Gasteiger partial charge in [-0.2, -0.15) is 0 Å². The Bertz CT molecular complexity index is 1470. The number of aromatic nitrogens is 2.